The Morgan fingerprint density at radius 2 is 2.03 bits per heavy atom. The van der Waals surface area contributed by atoms with Gasteiger partial charge in [0.05, 0.1) is 23.0 Å². The van der Waals surface area contributed by atoms with Gasteiger partial charge < -0.3 is 25.5 Å². The lowest BCUT2D eigenvalue weighted by molar-refractivity contribution is 0.516. The van der Waals surface area contributed by atoms with Gasteiger partial charge in [0.1, 0.15) is 6.33 Å². The van der Waals surface area contributed by atoms with Crippen molar-refractivity contribution in [1.82, 2.24) is 34.8 Å². The number of H-pyrrole nitrogens is 1. The summed E-state index contributed by atoms with van der Waals surface area (Å²) in [5.41, 5.74) is 10.8. The van der Waals surface area contributed by atoms with Crippen molar-refractivity contribution >= 4 is 45.5 Å². The van der Waals surface area contributed by atoms with Gasteiger partial charge in [-0.3, -0.25) is 0 Å². The van der Waals surface area contributed by atoms with Crippen LogP contribution in [0.3, 0.4) is 0 Å². The molecule has 1 fully saturated rings. The average molecular weight is 452 g/mol. The Labute approximate surface area is 191 Å². The number of aromatic nitrogens is 6. The number of benzene rings is 1. The van der Waals surface area contributed by atoms with Gasteiger partial charge in [0.25, 0.3) is 0 Å². The SMILES string of the molecule is CC(C)CNCCn1c(Sc2cc3nc[nH]c3cc2N2CCCC2)nc2c(N)ncnc21. The zero-order chi connectivity index (χ0) is 22.1. The zero-order valence-corrected chi connectivity index (χ0v) is 19.3. The van der Waals surface area contributed by atoms with E-state index in [1.165, 1.54) is 24.9 Å². The maximum Gasteiger partial charge on any atom is 0.175 e. The molecule has 0 unspecified atom stereocenters. The predicted molar refractivity (Wildman–Crippen MR) is 129 cm³/mol. The Bertz CT molecular complexity index is 1220. The lowest BCUT2D eigenvalue weighted by Crippen LogP contribution is -2.24. The van der Waals surface area contributed by atoms with Crippen LogP contribution in [0.5, 0.6) is 0 Å². The highest BCUT2D eigenvalue weighted by atomic mass is 32.2. The summed E-state index contributed by atoms with van der Waals surface area (Å²) >= 11 is 1.65. The van der Waals surface area contributed by atoms with Crippen LogP contribution < -0.4 is 16.0 Å². The van der Waals surface area contributed by atoms with E-state index in [-0.39, 0.29) is 0 Å². The fourth-order valence-corrected chi connectivity index (χ4v) is 5.22. The number of hydrogen-bond acceptors (Lipinski definition) is 8. The van der Waals surface area contributed by atoms with Crippen LogP contribution in [0.4, 0.5) is 11.5 Å². The minimum atomic E-state index is 0.410. The first-order chi connectivity index (χ1) is 15.6. The molecule has 0 radical (unpaired) electrons. The highest BCUT2D eigenvalue weighted by Crippen LogP contribution is 2.39. The quantitative estimate of drug-likeness (QED) is 0.350. The molecule has 0 amide bonds. The summed E-state index contributed by atoms with van der Waals surface area (Å²) in [5, 5.41) is 4.38. The minimum absolute atomic E-state index is 0.410. The van der Waals surface area contributed by atoms with Gasteiger partial charge >= 0.3 is 0 Å². The van der Waals surface area contributed by atoms with Crippen molar-refractivity contribution in [2.45, 2.75) is 43.3 Å². The molecule has 0 spiro atoms. The second-order valence-corrected chi connectivity index (χ2v) is 9.62. The summed E-state index contributed by atoms with van der Waals surface area (Å²) in [6.07, 6.45) is 5.70. The number of nitrogens with one attached hydrogen (secondary N) is 2. The monoisotopic (exact) mass is 451 g/mol. The minimum Gasteiger partial charge on any atom is -0.382 e. The van der Waals surface area contributed by atoms with E-state index >= 15 is 0 Å². The Balaban J connectivity index is 1.53. The maximum atomic E-state index is 6.14. The summed E-state index contributed by atoms with van der Waals surface area (Å²) in [6, 6.07) is 4.36. The molecular formula is C22H29N9S. The van der Waals surface area contributed by atoms with Crippen molar-refractivity contribution in [3.63, 3.8) is 0 Å². The van der Waals surface area contributed by atoms with Gasteiger partial charge in [0.15, 0.2) is 22.1 Å². The topological polar surface area (TPSA) is 114 Å². The fourth-order valence-electron chi connectivity index (χ4n) is 4.13. The second kappa shape index (κ2) is 8.95. The summed E-state index contributed by atoms with van der Waals surface area (Å²) in [6.45, 7) is 9.12. The van der Waals surface area contributed by atoms with Crippen LogP contribution in [-0.2, 0) is 6.54 Å². The number of imidazole rings is 2. The number of anilines is 2. The number of fused-ring (bicyclic) bond motifs is 2. The Hall–Kier alpha value is -2.85. The molecule has 168 valence electrons. The normalized spacial score (nSPS) is 14.4. The smallest absolute Gasteiger partial charge is 0.175 e. The Morgan fingerprint density at radius 1 is 1.19 bits per heavy atom. The number of nitrogens with two attached hydrogens (primary N) is 1. The summed E-state index contributed by atoms with van der Waals surface area (Å²) in [7, 11) is 0. The van der Waals surface area contributed by atoms with E-state index in [9.17, 15) is 0 Å². The largest absolute Gasteiger partial charge is 0.382 e. The molecule has 0 atom stereocenters. The fraction of sp³-hybridized carbons (Fsp3) is 0.455. The van der Waals surface area contributed by atoms with Crippen molar-refractivity contribution in [3.8, 4) is 0 Å². The van der Waals surface area contributed by atoms with Gasteiger partial charge in [-0.25, -0.2) is 19.9 Å². The first kappa shape index (κ1) is 21.0. The number of nitrogens with zero attached hydrogens (tertiary/aromatic N) is 6. The molecule has 1 saturated heterocycles. The van der Waals surface area contributed by atoms with Crippen LogP contribution in [0.15, 0.2) is 34.8 Å². The van der Waals surface area contributed by atoms with E-state index in [1.807, 2.05) is 0 Å². The average Bonchev–Trinajstić information content (AvgIpc) is 3.51. The molecule has 1 aromatic carbocycles. The molecule has 9 nitrogen and oxygen atoms in total. The van der Waals surface area contributed by atoms with Crippen molar-refractivity contribution in [1.29, 1.82) is 0 Å². The molecule has 0 aliphatic carbocycles. The first-order valence-corrected chi connectivity index (χ1v) is 12.0. The molecule has 3 aromatic heterocycles. The summed E-state index contributed by atoms with van der Waals surface area (Å²) in [4.78, 5) is 24.8. The van der Waals surface area contributed by atoms with Gasteiger partial charge in [0.2, 0.25) is 0 Å². The molecule has 10 heteroatoms. The molecule has 0 bridgehead atoms. The third kappa shape index (κ3) is 4.12. The van der Waals surface area contributed by atoms with Crippen LogP contribution in [0.1, 0.15) is 26.7 Å². The molecule has 1 aliphatic heterocycles. The van der Waals surface area contributed by atoms with Crippen molar-refractivity contribution in [2.24, 2.45) is 5.92 Å². The lowest BCUT2D eigenvalue weighted by Gasteiger charge is -2.21. The standard InChI is InChI=1S/C22H29N9S/c1-14(2)11-24-5-8-31-21-19(20(23)27-13-28-21)29-22(31)32-18-10-16-15(25-12-26-16)9-17(18)30-6-3-4-7-30/h9-10,12-14,24H,3-8,11H2,1-2H3,(H,25,26)(H2,23,27,28). The van der Waals surface area contributed by atoms with Crippen LogP contribution in [0, 0.1) is 5.92 Å². The van der Waals surface area contributed by atoms with Crippen LogP contribution in [-0.4, -0.2) is 55.7 Å². The molecule has 1 aliphatic rings. The first-order valence-electron chi connectivity index (χ1n) is 11.2. The third-order valence-electron chi connectivity index (χ3n) is 5.74. The van der Waals surface area contributed by atoms with E-state index in [0.29, 0.717) is 17.3 Å². The molecule has 5 rings (SSSR count). The number of nitrogen functional groups attached to an aromatic ring is 1. The molecule has 0 saturated carbocycles. The number of aromatic amines is 1. The van der Waals surface area contributed by atoms with E-state index in [1.54, 1.807) is 18.1 Å². The van der Waals surface area contributed by atoms with Gasteiger partial charge in [-0.2, -0.15) is 0 Å². The van der Waals surface area contributed by atoms with E-state index in [0.717, 1.165) is 59.5 Å². The van der Waals surface area contributed by atoms with E-state index in [2.05, 4.69) is 60.7 Å². The van der Waals surface area contributed by atoms with Gasteiger partial charge in [-0.15, -0.1) is 0 Å². The Morgan fingerprint density at radius 3 is 2.84 bits per heavy atom. The molecule has 4 N–H and O–H groups in total. The van der Waals surface area contributed by atoms with Crippen molar-refractivity contribution in [2.75, 3.05) is 36.8 Å². The summed E-state index contributed by atoms with van der Waals surface area (Å²) < 4.78 is 2.15. The molecule has 32 heavy (non-hydrogen) atoms. The van der Waals surface area contributed by atoms with Crippen LogP contribution in [0.25, 0.3) is 22.2 Å². The highest BCUT2D eigenvalue weighted by molar-refractivity contribution is 7.99. The van der Waals surface area contributed by atoms with E-state index < -0.39 is 0 Å². The van der Waals surface area contributed by atoms with Crippen LogP contribution >= 0.6 is 11.8 Å². The summed E-state index contributed by atoms with van der Waals surface area (Å²) in [5.74, 6) is 1.01. The third-order valence-corrected chi connectivity index (χ3v) is 6.78. The maximum absolute atomic E-state index is 6.14. The van der Waals surface area contributed by atoms with Crippen molar-refractivity contribution in [3.05, 3.63) is 24.8 Å². The number of rotatable bonds is 8. The van der Waals surface area contributed by atoms with Crippen molar-refractivity contribution < 1.29 is 0 Å². The van der Waals surface area contributed by atoms with Crippen LogP contribution in [0.2, 0.25) is 0 Å². The molecular weight excluding hydrogens is 422 g/mol. The van der Waals surface area contributed by atoms with Gasteiger partial charge in [0, 0.05) is 31.1 Å². The van der Waals surface area contributed by atoms with E-state index in [4.69, 9.17) is 10.7 Å². The van der Waals surface area contributed by atoms with Gasteiger partial charge in [-0.1, -0.05) is 13.8 Å². The lowest BCUT2D eigenvalue weighted by atomic mass is 10.2. The second-order valence-electron chi connectivity index (χ2n) is 8.61. The molecule has 4 heterocycles. The highest BCUT2D eigenvalue weighted by Gasteiger charge is 2.21. The Kier molecular flexibility index (Phi) is 5.88. The predicted octanol–water partition coefficient (Wildman–Crippen LogP) is 3.28. The zero-order valence-electron chi connectivity index (χ0n) is 18.5. The van der Waals surface area contributed by atoms with Gasteiger partial charge in [-0.05, 0) is 49.2 Å². The number of hydrogen-bond donors (Lipinski definition) is 3. The molecule has 4 aromatic rings.